The third-order valence-corrected chi connectivity index (χ3v) is 5.05. The number of carbonyl (C=O) groups excluding carboxylic acids is 2. The van der Waals surface area contributed by atoms with E-state index in [0.29, 0.717) is 11.7 Å². The number of thiazole rings is 1. The Morgan fingerprint density at radius 3 is 2.65 bits per heavy atom. The molecule has 0 saturated carbocycles. The highest BCUT2D eigenvalue weighted by Gasteiger charge is 2.20. The van der Waals surface area contributed by atoms with Crippen LogP contribution in [0.3, 0.4) is 0 Å². The standard InChI is InChI=1S/C19H24ClN3O2S/c1-12-5-6-13(10-15(12)20)9-14-11-22-18(26-14)23-16(24)7-8-21-17(25)19(2,3)4/h5-6,10-11H,7-9H2,1-4H3,(H,21,25)(H,22,23,24). The van der Waals surface area contributed by atoms with E-state index in [1.54, 1.807) is 6.20 Å². The topological polar surface area (TPSA) is 71.1 Å². The van der Waals surface area contributed by atoms with E-state index in [9.17, 15) is 9.59 Å². The van der Waals surface area contributed by atoms with Gasteiger partial charge in [0.2, 0.25) is 11.8 Å². The largest absolute Gasteiger partial charge is 0.355 e. The molecule has 0 saturated heterocycles. The highest BCUT2D eigenvalue weighted by molar-refractivity contribution is 7.15. The van der Waals surface area contributed by atoms with Gasteiger partial charge in [0.25, 0.3) is 0 Å². The van der Waals surface area contributed by atoms with Crippen molar-refractivity contribution in [3.63, 3.8) is 0 Å². The molecule has 2 rings (SSSR count). The molecule has 1 aromatic heterocycles. The molecule has 0 aliphatic rings. The average molecular weight is 394 g/mol. The van der Waals surface area contributed by atoms with E-state index in [-0.39, 0.29) is 18.2 Å². The van der Waals surface area contributed by atoms with Crippen molar-refractivity contribution < 1.29 is 9.59 Å². The monoisotopic (exact) mass is 393 g/mol. The molecule has 0 atom stereocenters. The Kier molecular flexibility index (Phi) is 6.78. The van der Waals surface area contributed by atoms with Crippen molar-refractivity contribution in [2.75, 3.05) is 11.9 Å². The normalized spacial score (nSPS) is 11.3. The zero-order valence-electron chi connectivity index (χ0n) is 15.5. The highest BCUT2D eigenvalue weighted by atomic mass is 35.5. The number of anilines is 1. The minimum atomic E-state index is -0.459. The maximum atomic E-state index is 12.0. The number of benzene rings is 1. The lowest BCUT2D eigenvalue weighted by molar-refractivity contribution is -0.128. The summed E-state index contributed by atoms with van der Waals surface area (Å²) in [5, 5.41) is 6.84. The number of carbonyl (C=O) groups is 2. The van der Waals surface area contributed by atoms with Crippen LogP contribution in [-0.4, -0.2) is 23.3 Å². The Balaban J connectivity index is 1.83. The van der Waals surface area contributed by atoms with Gasteiger partial charge in [0, 0.05) is 40.9 Å². The summed E-state index contributed by atoms with van der Waals surface area (Å²) in [6.07, 6.45) is 2.69. The Morgan fingerprint density at radius 2 is 2.00 bits per heavy atom. The van der Waals surface area contributed by atoms with Crippen LogP contribution >= 0.6 is 22.9 Å². The third kappa shape index (κ3) is 6.11. The van der Waals surface area contributed by atoms with Gasteiger partial charge < -0.3 is 10.6 Å². The number of hydrogen-bond acceptors (Lipinski definition) is 4. The number of rotatable bonds is 6. The smallest absolute Gasteiger partial charge is 0.227 e. The lowest BCUT2D eigenvalue weighted by atomic mass is 9.96. The second-order valence-corrected chi connectivity index (χ2v) is 8.72. The van der Waals surface area contributed by atoms with Crippen LogP contribution < -0.4 is 10.6 Å². The van der Waals surface area contributed by atoms with Gasteiger partial charge in [-0.05, 0) is 24.1 Å². The molecule has 2 aromatic rings. The van der Waals surface area contributed by atoms with Crippen LogP contribution in [0.15, 0.2) is 24.4 Å². The van der Waals surface area contributed by atoms with Gasteiger partial charge in [-0.1, -0.05) is 44.5 Å². The first-order chi connectivity index (χ1) is 12.1. The maximum absolute atomic E-state index is 12.0. The fourth-order valence-electron chi connectivity index (χ4n) is 2.13. The number of nitrogens with zero attached hydrogens (tertiary/aromatic N) is 1. The van der Waals surface area contributed by atoms with Crippen LogP contribution in [0.4, 0.5) is 5.13 Å². The molecule has 0 aliphatic carbocycles. The van der Waals surface area contributed by atoms with Crippen molar-refractivity contribution in [1.82, 2.24) is 10.3 Å². The summed E-state index contributed by atoms with van der Waals surface area (Å²) in [6.45, 7) is 7.78. The molecule has 1 aromatic carbocycles. The molecule has 2 amide bonds. The molecular formula is C19H24ClN3O2S. The zero-order chi connectivity index (χ0) is 19.3. The quantitative estimate of drug-likeness (QED) is 0.773. The van der Waals surface area contributed by atoms with Crippen molar-refractivity contribution >= 4 is 39.9 Å². The number of halogens is 1. The van der Waals surface area contributed by atoms with E-state index in [0.717, 1.165) is 27.4 Å². The highest BCUT2D eigenvalue weighted by Crippen LogP contribution is 2.24. The zero-order valence-corrected chi connectivity index (χ0v) is 17.1. The first-order valence-corrected chi connectivity index (χ1v) is 9.62. The summed E-state index contributed by atoms with van der Waals surface area (Å²) in [6, 6.07) is 5.98. The second-order valence-electron chi connectivity index (χ2n) is 7.20. The van der Waals surface area contributed by atoms with Crippen molar-refractivity contribution in [3.8, 4) is 0 Å². The van der Waals surface area contributed by atoms with Crippen LogP contribution in [0, 0.1) is 12.3 Å². The number of nitrogens with one attached hydrogen (secondary N) is 2. The third-order valence-electron chi connectivity index (χ3n) is 3.73. The van der Waals surface area contributed by atoms with E-state index in [1.807, 2.05) is 45.9 Å². The van der Waals surface area contributed by atoms with Gasteiger partial charge in [-0.2, -0.15) is 0 Å². The molecule has 0 radical (unpaired) electrons. The summed E-state index contributed by atoms with van der Waals surface area (Å²) in [4.78, 5) is 29.0. The molecule has 5 nitrogen and oxygen atoms in total. The van der Waals surface area contributed by atoms with E-state index in [1.165, 1.54) is 11.3 Å². The van der Waals surface area contributed by atoms with Gasteiger partial charge in [-0.3, -0.25) is 9.59 Å². The molecule has 26 heavy (non-hydrogen) atoms. The minimum absolute atomic E-state index is 0.0707. The number of amides is 2. The van der Waals surface area contributed by atoms with E-state index >= 15 is 0 Å². The molecule has 140 valence electrons. The summed E-state index contributed by atoms with van der Waals surface area (Å²) >= 11 is 7.59. The van der Waals surface area contributed by atoms with Crippen LogP contribution in [0.5, 0.6) is 0 Å². The molecule has 0 unspecified atom stereocenters. The summed E-state index contributed by atoms with van der Waals surface area (Å²) in [7, 11) is 0. The van der Waals surface area contributed by atoms with Crippen LogP contribution in [0.1, 0.15) is 43.2 Å². The molecule has 0 bridgehead atoms. The fourth-order valence-corrected chi connectivity index (χ4v) is 3.20. The summed E-state index contributed by atoms with van der Waals surface area (Å²) < 4.78 is 0. The van der Waals surface area contributed by atoms with Crippen LogP contribution in [0.2, 0.25) is 5.02 Å². The minimum Gasteiger partial charge on any atom is -0.355 e. The molecule has 0 aliphatic heterocycles. The maximum Gasteiger partial charge on any atom is 0.227 e. The molecule has 7 heteroatoms. The van der Waals surface area contributed by atoms with Crippen molar-refractivity contribution in [2.45, 2.75) is 40.5 Å². The van der Waals surface area contributed by atoms with Crippen molar-refractivity contribution in [2.24, 2.45) is 5.41 Å². The number of hydrogen-bond donors (Lipinski definition) is 2. The van der Waals surface area contributed by atoms with Crippen molar-refractivity contribution in [1.29, 1.82) is 0 Å². The van der Waals surface area contributed by atoms with Gasteiger partial charge in [-0.15, -0.1) is 11.3 Å². The van der Waals surface area contributed by atoms with Gasteiger partial charge in [0.15, 0.2) is 5.13 Å². The molecule has 0 fully saturated rings. The van der Waals surface area contributed by atoms with Crippen molar-refractivity contribution in [3.05, 3.63) is 45.4 Å². The summed E-state index contributed by atoms with van der Waals surface area (Å²) in [5.41, 5.74) is 1.69. The van der Waals surface area contributed by atoms with Gasteiger partial charge in [0.1, 0.15) is 0 Å². The van der Waals surface area contributed by atoms with Crippen LogP contribution in [0.25, 0.3) is 0 Å². The predicted molar refractivity (Wildman–Crippen MR) is 107 cm³/mol. The van der Waals surface area contributed by atoms with E-state index in [4.69, 9.17) is 11.6 Å². The first kappa shape index (κ1) is 20.4. The summed E-state index contributed by atoms with van der Waals surface area (Å²) in [5.74, 6) is -0.239. The lowest BCUT2D eigenvalue weighted by Gasteiger charge is -2.17. The molecular weight excluding hydrogens is 370 g/mol. The van der Waals surface area contributed by atoms with Crippen LogP contribution in [-0.2, 0) is 16.0 Å². The van der Waals surface area contributed by atoms with E-state index in [2.05, 4.69) is 15.6 Å². The Morgan fingerprint density at radius 1 is 1.27 bits per heavy atom. The molecule has 2 N–H and O–H groups in total. The average Bonchev–Trinajstić information content (AvgIpc) is 2.96. The first-order valence-electron chi connectivity index (χ1n) is 8.43. The van der Waals surface area contributed by atoms with Gasteiger partial charge >= 0.3 is 0 Å². The molecule has 0 spiro atoms. The predicted octanol–water partition coefficient (Wildman–Crippen LogP) is 4.19. The SMILES string of the molecule is Cc1ccc(Cc2cnc(NC(=O)CCNC(=O)C(C)(C)C)s2)cc1Cl. The lowest BCUT2D eigenvalue weighted by Crippen LogP contribution is -2.36. The fraction of sp³-hybridized carbons (Fsp3) is 0.421. The van der Waals surface area contributed by atoms with Gasteiger partial charge in [-0.25, -0.2) is 4.98 Å². The molecule has 1 heterocycles. The van der Waals surface area contributed by atoms with Gasteiger partial charge in [0.05, 0.1) is 0 Å². The Bertz CT molecular complexity index is 796. The number of aromatic nitrogens is 1. The second kappa shape index (κ2) is 8.64. The Hall–Kier alpha value is -1.92. The van der Waals surface area contributed by atoms with E-state index < -0.39 is 5.41 Å². The number of aryl methyl sites for hydroxylation is 1. The Labute approximate surface area is 163 Å².